The van der Waals surface area contributed by atoms with E-state index in [1.54, 1.807) is 11.8 Å². The smallest absolute Gasteiger partial charge is 0.191 e. The number of aryl methyl sites for hydroxylation is 1. The predicted octanol–water partition coefficient (Wildman–Crippen LogP) is 2.88. The second-order valence-corrected chi connectivity index (χ2v) is 7.94. The molecule has 0 bridgehead atoms. The Morgan fingerprint density at radius 3 is 2.62 bits per heavy atom. The zero-order valence-corrected chi connectivity index (χ0v) is 17.7. The number of benzene rings is 1. The molecule has 1 aliphatic heterocycles. The Morgan fingerprint density at radius 2 is 2.00 bits per heavy atom. The third kappa shape index (κ3) is 5.63. The lowest BCUT2D eigenvalue weighted by Crippen LogP contribution is -2.57. The van der Waals surface area contributed by atoms with Gasteiger partial charge in [-0.1, -0.05) is 12.1 Å². The molecule has 0 aliphatic carbocycles. The van der Waals surface area contributed by atoms with Crippen LogP contribution in [0.15, 0.2) is 28.1 Å². The van der Waals surface area contributed by atoms with E-state index in [4.69, 9.17) is 9.73 Å². The highest BCUT2D eigenvalue weighted by Gasteiger charge is 2.34. The van der Waals surface area contributed by atoms with Crippen LogP contribution in [0, 0.1) is 6.92 Å². The molecule has 0 spiro atoms. The zero-order chi connectivity index (χ0) is 19.0. The molecular weight excluding hydrogens is 344 g/mol. The van der Waals surface area contributed by atoms with Crippen molar-refractivity contribution < 1.29 is 4.74 Å². The van der Waals surface area contributed by atoms with Gasteiger partial charge in [0.25, 0.3) is 0 Å². The minimum Gasteiger partial charge on any atom is -0.381 e. The number of nitrogens with zero attached hydrogens (tertiary/aromatic N) is 2. The van der Waals surface area contributed by atoms with Gasteiger partial charge in [-0.3, -0.25) is 0 Å². The lowest BCUT2D eigenvalue weighted by molar-refractivity contribution is -0.00501. The molecular formula is C20H34N4OS. The van der Waals surface area contributed by atoms with Gasteiger partial charge in [-0.05, 0) is 64.2 Å². The Balaban J connectivity index is 2.06. The Morgan fingerprint density at radius 1 is 1.27 bits per heavy atom. The molecule has 0 radical (unpaired) electrons. The number of thioether (sulfide) groups is 1. The van der Waals surface area contributed by atoms with Gasteiger partial charge < -0.3 is 20.3 Å². The molecule has 1 heterocycles. The van der Waals surface area contributed by atoms with Gasteiger partial charge in [0, 0.05) is 36.7 Å². The van der Waals surface area contributed by atoms with Gasteiger partial charge in [0.2, 0.25) is 0 Å². The molecule has 1 aromatic carbocycles. The van der Waals surface area contributed by atoms with E-state index < -0.39 is 0 Å². The van der Waals surface area contributed by atoms with Crippen molar-refractivity contribution in [3.05, 3.63) is 29.3 Å². The first-order chi connectivity index (χ1) is 12.5. The lowest BCUT2D eigenvalue weighted by Gasteiger charge is -2.43. The summed E-state index contributed by atoms with van der Waals surface area (Å²) in [5.74, 6) is 0.882. The highest BCUT2D eigenvalue weighted by Crippen LogP contribution is 2.25. The molecule has 0 aromatic heterocycles. The summed E-state index contributed by atoms with van der Waals surface area (Å²) in [6.07, 6.45) is 4.21. The molecule has 0 atom stereocenters. The van der Waals surface area contributed by atoms with Gasteiger partial charge >= 0.3 is 0 Å². The largest absolute Gasteiger partial charge is 0.381 e. The van der Waals surface area contributed by atoms with Crippen LogP contribution < -0.4 is 10.6 Å². The summed E-state index contributed by atoms with van der Waals surface area (Å²) in [5.41, 5.74) is 2.69. The van der Waals surface area contributed by atoms with Crippen molar-refractivity contribution in [1.29, 1.82) is 0 Å². The van der Waals surface area contributed by atoms with E-state index >= 15 is 0 Å². The number of aliphatic imine (C=N–C) groups is 1. The van der Waals surface area contributed by atoms with Crippen LogP contribution in [0.25, 0.3) is 0 Å². The Labute approximate surface area is 163 Å². The average molecular weight is 379 g/mol. The van der Waals surface area contributed by atoms with Crippen molar-refractivity contribution in [2.75, 3.05) is 46.7 Å². The molecule has 2 rings (SSSR count). The normalized spacial score (nSPS) is 17.4. The number of hydrogen-bond acceptors (Lipinski definition) is 4. The van der Waals surface area contributed by atoms with E-state index in [1.165, 1.54) is 16.0 Å². The maximum Gasteiger partial charge on any atom is 0.191 e. The van der Waals surface area contributed by atoms with E-state index in [2.05, 4.69) is 67.9 Å². The van der Waals surface area contributed by atoms with Crippen LogP contribution in [-0.2, 0) is 11.3 Å². The molecule has 0 unspecified atom stereocenters. The minimum absolute atomic E-state index is 0.128. The molecule has 0 saturated carbocycles. The fourth-order valence-corrected chi connectivity index (χ4v) is 3.97. The molecule has 26 heavy (non-hydrogen) atoms. The molecule has 1 aliphatic rings. The number of guanidine groups is 1. The number of likely N-dealkylation sites (N-methyl/N-ethyl adjacent to an activating group) is 1. The average Bonchev–Trinajstić information content (AvgIpc) is 2.65. The van der Waals surface area contributed by atoms with Crippen molar-refractivity contribution in [2.24, 2.45) is 4.99 Å². The quantitative estimate of drug-likeness (QED) is 0.434. The topological polar surface area (TPSA) is 48.9 Å². The van der Waals surface area contributed by atoms with Crippen LogP contribution in [0.4, 0.5) is 0 Å². The van der Waals surface area contributed by atoms with Crippen LogP contribution in [0.2, 0.25) is 0 Å². The molecule has 0 amide bonds. The van der Waals surface area contributed by atoms with Crippen LogP contribution in [0.3, 0.4) is 0 Å². The summed E-state index contributed by atoms with van der Waals surface area (Å²) in [6.45, 7) is 8.30. The van der Waals surface area contributed by atoms with Crippen LogP contribution >= 0.6 is 11.8 Å². The third-order valence-corrected chi connectivity index (χ3v) is 5.97. The maximum absolute atomic E-state index is 5.57. The first kappa shape index (κ1) is 21.1. The van der Waals surface area contributed by atoms with Crippen molar-refractivity contribution >= 4 is 17.7 Å². The third-order valence-electron chi connectivity index (χ3n) is 5.15. The minimum atomic E-state index is 0.128. The standard InChI is InChI=1S/C20H34N4OS/c1-6-21-19(22-14-17-8-7-16(2)13-18(17)26-5)23-15-20(24(3)4)9-11-25-12-10-20/h7-8,13H,6,9-12,14-15H2,1-5H3,(H2,21,22,23). The Bertz CT molecular complexity index is 597. The predicted molar refractivity (Wildman–Crippen MR) is 112 cm³/mol. The zero-order valence-electron chi connectivity index (χ0n) is 16.9. The molecule has 1 fully saturated rings. The highest BCUT2D eigenvalue weighted by molar-refractivity contribution is 7.98. The van der Waals surface area contributed by atoms with Crippen molar-refractivity contribution in [3.8, 4) is 0 Å². The number of rotatable bonds is 7. The van der Waals surface area contributed by atoms with Crippen LogP contribution in [0.1, 0.15) is 30.9 Å². The number of nitrogens with one attached hydrogen (secondary N) is 2. The van der Waals surface area contributed by atoms with E-state index in [-0.39, 0.29) is 5.54 Å². The summed E-state index contributed by atoms with van der Waals surface area (Å²) in [6, 6.07) is 6.58. The SMILES string of the molecule is CCNC(=NCc1ccc(C)cc1SC)NCC1(N(C)C)CCOCC1. The van der Waals surface area contributed by atoms with E-state index in [1.807, 2.05) is 0 Å². The maximum atomic E-state index is 5.57. The Kier molecular flexibility index (Phi) is 8.25. The molecule has 6 heteroatoms. The van der Waals surface area contributed by atoms with Gasteiger partial charge in [0.1, 0.15) is 0 Å². The van der Waals surface area contributed by atoms with Crippen molar-refractivity contribution in [1.82, 2.24) is 15.5 Å². The van der Waals surface area contributed by atoms with E-state index in [0.29, 0.717) is 6.54 Å². The van der Waals surface area contributed by atoms with Crippen LogP contribution in [0.5, 0.6) is 0 Å². The summed E-state index contributed by atoms with van der Waals surface area (Å²) in [5, 5.41) is 6.95. The summed E-state index contributed by atoms with van der Waals surface area (Å²) in [4.78, 5) is 8.46. The van der Waals surface area contributed by atoms with Gasteiger partial charge in [-0.25, -0.2) is 4.99 Å². The lowest BCUT2D eigenvalue weighted by atomic mass is 9.88. The van der Waals surface area contributed by atoms with Crippen molar-refractivity contribution in [2.45, 2.75) is 43.7 Å². The van der Waals surface area contributed by atoms with Crippen molar-refractivity contribution in [3.63, 3.8) is 0 Å². The second-order valence-electron chi connectivity index (χ2n) is 7.10. The fraction of sp³-hybridized carbons (Fsp3) is 0.650. The van der Waals surface area contributed by atoms with Gasteiger partial charge in [-0.15, -0.1) is 11.8 Å². The van der Waals surface area contributed by atoms with Gasteiger partial charge in [-0.2, -0.15) is 0 Å². The number of hydrogen-bond donors (Lipinski definition) is 2. The highest BCUT2D eigenvalue weighted by atomic mass is 32.2. The number of ether oxygens (including phenoxy) is 1. The summed E-state index contributed by atoms with van der Waals surface area (Å²) >= 11 is 1.78. The second kappa shape index (κ2) is 10.2. The summed E-state index contributed by atoms with van der Waals surface area (Å²) < 4.78 is 5.57. The van der Waals surface area contributed by atoms with Gasteiger partial charge in [0.15, 0.2) is 5.96 Å². The Hall–Kier alpha value is -1.24. The molecule has 2 N–H and O–H groups in total. The first-order valence-electron chi connectivity index (χ1n) is 9.41. The first-order valence-corrected chi connectivity index (χ1v) is 10.6. The van der Waals surface area contributed by atoms with E-state index in [0.717, 1.165) is 45.1 Å². The molecule has 1 saturated heterocycles. The summed E-state index contributed by atoms with van der Waals surface area (Å²) in [7, 11) is 4.32. The molecule has 5 nitrogen and oxygen atoms in total. The van der Waals surface area contributed by atoms with Crippen LogP contribution in [-0.4, -0.2) is 63.1 Å². The van der Waals surface area contributed by atoms with Gasteiger partial charge in [0.05, 0.1) is 6.54 Å². The molecule has 1 aromatic rings. The van der Waals surface area contributed by atoms with E-state index in [9.17, 15) is 0 Å². The monoisotopic (exact) mass is 378 g/mol. The fourth-order valence-electron chi connectivity index (χ4n) is 3.27. The molecule has 146 valence electrons.